The molecule has 0 spiro atoms. The predicted octanol–water partition coefficient (Wildman–Crippen LogP) is 1.94. The first kappa shape index (κ1) is 12.8. The van der Waals surface area contributed by atoms with E-state index >= 15 is 0 Å². The lowest BCUT2D eigenvalue weighted by atomic mass is 10.2. The highest BCUT2D eigenvalue weighted by Crippen LogP contribution is 2.32. The van der Waals surface area contributed by atoms with E-state index in [4.69, 9.17) is 4.74 Å². The van der Waals surface area contributed by atoms with Crippen LogP contribution in [0.3, 0.4) is 0 Å². The number of aromatic nitrogens is 1. The number of hydrogen-bond acceptors (Lipinski definition) is 3. The number of urea groups is 1. The molecule has 5 heteroatoms. The lowest BCUT2D eigenvalue weighted by molar-refractivity contribution is 0.159. The molecular weight excluding hydrogens is 230 g/mol. The van der Waals surface area contributed by atoms with Gasteiger partial charge in [-0.25, -0.2) is 9.78 Å². The molecule has 18 heavy (non-hydrogen) atoms. The molecular formula is C13H19N3O2. The molecule has 1 aromatic rings. The number of methoxy groups -OCH3 is 1. The second kappa shape index (κ2) is 5.82. The Labute approximate surface area is 107 Å². The third-order valence-corrected chi connectivity index (χ3v) is 2.98. The van der Waals surface area contributed by atoms with Crippen LogP contribution < -0.4 is 10.6 Å². The van der Waals surface area contributed by atoms with Crippen molar-refractivity contribution in [2.75, 3.05) is 19.0 Å². The number of pyridine rings is 1. The van der Waals surface area contributed by atoms with Gasteiger partial charge in [-0.15, -0.1) is 0 Å². The van der Waals surface area contributed by atoms with Crippen molar-refractivity contribution in [1.29, 1.82) is 0 Å². The van der Waals surface area contributed by atoms with Crippen molar-refractivity contribution in [3.63, 3.8) is 0 Å². The summed E-state index contributed by atoms with van der Waals surface area (Å²) in [7, 11) is 1.65. The number of amides is 2. The zero-order valence-corrected chi connectivity index (χ0v) is 10.8. The van der Waals surface area contributed by atoms with Crippen LogP contribution in [0.4, 0.5) is 10.6 Å². The number of hydrogen-bond donors (Lipinski definition) is 2. The summed E-state index contributed by atoms with van der Waals surface area (Å²) in [6.45, 7) is 2.44. The number of carbonyl (C=O) groups is 1. The summed E-state index contributed by atoms with van der Waals surface area (Å²) in [5.41, 5.74) is 0.878. The van der Waals surface area contributed by atoms with E-state index in [0.29, 0.717) is 18.3 Å². The van der Waals surface area contributed by atoms with Crippen LogP contribution in [0, 0.1) is 12.8 Å². The van der Waals surface area contributed by atoms with Crippen molar-refractivity contribution in [3.8, 4) is 0 Å². The fraction of sp³-hybridized carbons (Fsp3) is 0.538. The van der Waals surface area contributed by atoms with Crippen LogP contribution in [0.25, 0.3) is 0 Å². The van der Waals surface area contributed by atoms with Gasteiger partial charge in [-0.2, -0.15) is 0 Å². The van der Waals surface area contributed by atoms with Crippen molar-refractivity contribution >= 4 is 11.8 Å². The Kier molecular flexibility index (Phi) is 4.15. The number of anilines is 1. The Morgan fingerprint density at radius 2 is 2.33 bits per heavy atom. The summed E-state index contributed by atoms with van der Waals surface area (Å²) in [4.78, 5) is 16.0. The number of nitrogens with zero attached hydrogens (tertiary/aromatic N) is 1. The van der Waals surface area contributed by atoms with Gasteiger partial charge in [0.1, 0.15) is 5.82 Å². The van der Waals surface area contributed by atoms with Crippen molar-refractivity contribution in [2.45, 2.75) is 25.8 Å². The quantitative estimate of drug-likeness (QED) is 0.838. The fourth-order valence-corrected chi connectivity index (χ4v) is 1.91. The molecule has 0 aromatic carbocycles. The van der Waals surface area contributed by atoms with Gasteiger partial charge in [-0.05, 0) is 37.8 Å². The predicted molar refractivity (Wildman–Crippen MR) is 69.5 cm³/mol. The monoisotopic (exact) mass is 249 g/mol. The summed E-state index contributed by atoms with van der Waals surface area (Å²) in [5.74, 6) is 1.13. The van der Waals surface area contributed by atoms with Crippen molar-refractivity contribution in [3.05, 3.63) is 23.9 Å². The Bertz CT molecular complexity index is 418. The zero-order chi connectivity index (χ0) is 13.0. The molecule has 1 aliphatic rings. The summed E-state index contributed by atoms with van der Waals surface area (Å²) in [5, 5.41) is 5.67. The van der Waals surface area contributed by atoms with Gasteiger partial charge in [0.25, 0.3) is 0 Å². The molecule has 0 radical (unpaired) electrons. The van der Waals surface area contributed by atoms with E-state index in [1.807, 2.05) is 19.1 Å². The number of nitrogens with one attached hydrogen (secondary N) is 2. The molecule has 0 unspecified atom stereocenters. The number of aryl methyl sites for hydroxylation is 1. The molecule has 0 saturated heterocycles. The fourth-order valence-electron chi connectivity index (χ4n) is 1.91. The van der Waals surface area contributed by atoms with E-state index in [-0.39, 0.29) is 12.1 Å². The lowest BCUT2D eigenvalue weighted by Crippen LogP contribution is -2.42. The molecule has 1 atom stereocenters. The minimum absolute atomic E-state index is 0.0970. The second-order valence-electron chi connectivity index (χ2n) is 4.66. The van der Waals surface area contributed by atoms with Gasteiger partial charge in [-0.3, -0.25) is 5.32 Å². The summed E-state index contributed by atoms with van der Waals surface area (Å²) < 4.78 is 5.12. The molecule has 2 amide bonds. The molecule has 1 saturated carbocycles. The third-order valence-electron chi connectivity index (χ3n) is 2.98. The molecule has 0 bridgehead atoms. The summed E-state index contributed by atoms with van der Waals surface area (Å²) in [6, 6.07) is 5.41. The van der Waals surface area contributed by atoms with Gasteiger partial charge in [0, 0.05) is 12.8 Å². The first-order chi connectivity index (χ1) is 8.69. The summed E-state index contributed by atoms with van der Waals surface area (Å²) in [6.07, 6.45) is 2.33. The van der Waals surface area contributed by atoms with Crippen LogP contribution in [-0.2, 0) is 4.74 Å². The van der Waals surface area contributed by atoms with Gasteiger partial charge >= 0.3 is 6.03 Å². The standard InChI is InChI=1S/C13H19N3O2/c1-9-4-3-5-12(14-9)16-13(17)15-11(8-18-2)10-6-7-10/h3-5,10-11H,6-8H2,1-2H3,(H2,14,15,16,17)/t11-/m0/s1. The highest BCUT2D eigenvalue weighted by atomic mass is 16.5. The average molecular weight is 249 g/mol. The average Bonchev–Trinajstić information content (AvgIpc) is 3.12. The van der Waals surface area contributed by atoms with E-state index in [1.54, 1.807) is 13.2 Å². The Morgan fingerprint density at radius 1 is 1.56 bits per heavy atom. The Balaban J connectivity index is 1.87. The van der Waals surface area contributed by atoms with Crippen LogP contribution in [-0.4, -0.2) is 30.8 Å². The number of ether oxygens (including phenoxy) is 1. The van der Waals surface area contributed by atoms with Gasteiger partial charge in [-0.1, -0.05) is 6.07 Å². The minimum Gasteiger partial charge on any atom is -0.383 e. The SMILES string of the molecule is COC[C@H](NC(=O)Nc1cccc(C)n1)C1CC1. The van der Waals surface area contributed by atoms with Crippen LogP contribution >= 0.6 is 0 Å². The molecule has 5 nitrogen and oxygen atoms in total. The van der Waals surface area contributed by atoms with Gasteiger partial charge in [0.05, 0.1) is 12.6 Å². The summed E-state index contributed by atoms with van der Waals surface area (Å²) >= 11 is 0. The minimum atomic E-state index is -0.220. The van der Waals surface area contributed by atoms with E-state index < -0.39 is 0 Å². The van der Waals surface area contributed by atoms with E-state index in [0.717, 1.165) is 18.5 Å². The van der Waals surface area contributed by atoms with Crippen molar-refractivity contribution in [2.24, 2.45) is 5.92 Å². The molecule has 1 heterocycles. The third kappa shape index (κ3) is 3.70. The number of rotatable bonds is 5. The maximum absolute atomic E-state index is 11.8. The first-order valence-corrected chi connectivity index (χ1v) is 6.19. The molecule has 1 aromatic heterocycles. The molecule has 1 aliphatic carbocycles. The smallest absolute Gasteiger partial charge is 0.320 e. The van der Waals surface area contributed by atoms with Crippen molar-refractivity contribution < 1.29 is 9.53 Å². The maximum Gasteiger partial charge on any atom is 0.320 e. The van der Waals surface area contributed by atoms with Crippen LogP contribution in [0.1, 0.15) is 18.5 Å². The van der Waals surface area contributed by atoms with E-state index in [1.165, 1.54) is 0 Å². The highest BCUT2D eigenvalue weighted by molar-refractivity contribution is 5.88. The second-order valence-corrected chi connectivity index (χ2v) is 4.66. The van der Waals surface area contributed by atoms with E-state index in [9.17, 15) is 4.79 Å². The van der Waals surface area contributed by atoms with Gasteiger partial charge in [0.15, 0.2) is 0 Å². The van der Waals surface area contributed by atoms with Crippen LogP contribution in [0.15, 0.2) is 18.2 Å². The first-order valence-electron chi connectivity index (χ1n) is 6.19. The molecule has 2 rings (SSSR count). The zero-order valence-electron chi connectivity index (χ0n) is 10.8. The largest absolute Gasteiger partial charge is 0.383 e. The van der Waals surface area contributed by atoms with Crippen LogP contribution in [0.5, 0.6) is 0 Å². The molecule has 98 valence electrons. The van der Waals surface area contributed by atoms with E-state index in [2.05, 4.69) is 15.6 Å². The molecule has 0 aliphatic heterocycles. The molecule has 1 fully saturated rings. The topological polar surface area (TPSA) is 63.2 Å². The Hall–Kier alpha value is -1.62. The van der Waals surface area contributed by atoms with Gasteiger partial charge in [0.2, 0.25) is 0 Å². The normalized spacial score (nSPS) is 16.1. The van der Waals surface area contributed by atoms with Crippen molar-refractivity contribution in [1.82, 2.24) is 10.3 Å². The Morgan fingerprint density at radius 3 is 2.94 bits per heavy atom. The lowest BCUT2D eigenvalue weighted by Gasteiger charge is -2.17. The molecule has 2 N–H and O–H groups in total. The van der Waals surface area contributed by atoms with Crippen LogP contribution in [0.2, 0.25) is 0 Å². The van der Waals surface area contributed by atoms with Gasteiger partial charge < -0.3 is 10.1 Å². The maximum atomic E-state index is 11.8. The highest BCUT2D eigenvalue weighted by Gasteiger charge is 2.32. The number of carbonyl (C=O) groups excluding carboxylic acids is 1.